The normalized spacial score (nSPS) is 10.9. The average Bonchev–Trinajstić information content (AvgIpc) is 3.16. The zero-order valence-corrected chi connectivity index (χ0v) is 18.8. The third kappa shape index (κ3) is 3.90. The number of nitrogens with one attached hydrogen (secondary N) is 1. The molecule has 0 unspecified atom stereocenters. The van der Waals surface area contributed by atoms with Gasteiger partial charge >= 0.3 is 5.97 Å². The van der Waals surface area contributed by atoms with Crippen LogP contribution >= 0.6 is 22.9 Å². The molecular formula is C20H21ClN4O4S. The molecule has 1 N–H and O–H groups in total. The van der Waals surface area contributed by atoms with Gasteiger partial charge in [0.2, 0.25) is 0 Å². The van der Waals surface area contributed by atoms with Crippen molar-refractivity contribution in [2.24, 2.45) is 0 Å². The Balaban J connectivity index is 2.06. The van der Waals surface area contributed by atoms with E-state index < -0.39 is 11.9 Å². The fourth-order valence-electron chi connectivity index (χ4n) is 3.03. The quantitative estimate of drug-likeness (QED) is 0.599. The summed E-state index contributed by atoms with van der Waals surface area (Å²) in [5.41, 5.74) is 1.99. The number of fused-ring (bicyclic) bond motifs is 1. The van der Waals surface area contributed by atoms with Gasteiger partial charge in [-0.1, -0.05) is 11.6 Å². The van der Waals surface area contributed by atoms with Gasteiger partial charge in [-0.3, -0.25) is 14.0 Å². The molecule has 0 radical (unpaired) electrons. The number of pyridine rings is 1. The Bertz CT molecular complexity index is 1170. The minimum absolute atomic E-state index is 0.172. The third-order valence-corrected chi connectivity index (χ3v) is 5.86. The Morgan fingerprint density at radius 2 is 2.00 bits per heavy atom. The van der Waals surface area contributed by atoms with Gasteiger partial charge in [-0.2, -0.15) is 0 Å². The minimum Gasteiger partial charge on any atom is -0.462 e. The van der Waals surface area contributed by atoms with E-state index in [2.05, 4.69) is 10.3 Å². The number of anilines is 1. The molecule has 3 heterocycles. The van der Waals surface area contributed by atoms with Gasteiger partial charge in [-0.15, -0.1) is 11.3 Å². The van der Waals surface area contributed by atoms with Crippen LogP contribution in [0.15, 0.2) is 18.3 Å². The van der Waals surface area contributed by atoms with Gasteiger partial charge in [-0.25, -0.2) is 9.78 Å². The van der Waals surface area contributed by atoms with Crippen LogP contribution in [-0.2, 0) is 4.74 Å². The number of hydrogen-bond donors (Lipinski definition) is 1. The van der Waals surface area contributed by atoms with Crippen molar-refractivity contribution in [3.63, 3.8) is 0 Å². The van der Waals surface area contributed by atoms with Crippen LogP contribution in [0.4, 0.5) is 5.00 Å². The molecule has 0 spiro atoms. The molecular weight excluding hydrogens is 428 g/mol. The molecule has 0 saturated heterocycles. The van der Waals surface area contributed by atoms with E-state index in [4.69, 9.17) is 16.3 Å². The van der Waals surface area contributed by atoms with Crippen molar-refractivity contribution >= 4 is 51.4 Å². The molecule has 10 heteroatoms. The zero-order valence-electron chi connectivity index (χ0n) is 17.2. The van der Waals surface area contributed by atoms with Crippen LogP contribution in [-0.4, -0.2) is 52.8 Å². The van der Waals surface area contributed by atoms with Gasteiger partial charge in [0.15, 0.2) is 0 Å². The highest BCUT2D eigenvalue weighted by Crippen LogP contribution is 2.35. The number of thiophene rings is 1. The first-order valence-electron chi connectivity index (χ1n) is 9.13. The van der Waals surface area contributed by atoms with Gasteiger partial charge < -0.3 is 15.0 Å². The van der Waals surface area contributed by atoms with Gasteiger partial charge in [-0.05, 0) is 32.4 Å². The van der Waals surface area contributed by atoms with Crippen molar-refractivity contribution in [1.82, 2.24) is 14.3 Å². The van der Waals surface area contributed by atoms with Gasteiger partial charge in [0, 0.05) is 31.4 Å². The molecule has 3 rings (SSSR count). The van der Waals surface area contributed by atoms with Crippen LogP contribution in [0.2, 0.25) is 5.02 Å². The smallest absolute Gasteiger partial charge is 0.341 e. The Labute approximate surface area is 182 Å². The summed E-state index contributed by atoms with van der Waals surface area (Å²) in [6.07, 6.45) is 1.65. The number of ether oxygens (including phenoxy) is 1. The Kier molecular flexibility index (Phi) is 6.14. The van der Waals surface area contributed by atoms with E-state index in [9.17, 15) is 14.4 Å². The SMILES string of the molecule is CCOC(=O)c1c(NC(=O)c2c(C)nc3cc(Cl)ccn23)sc(C(=O)N(C)C)c1C. The molecule has 0 saturated carbocycles. The molecule has 0 aliphatic heterocycles. The summed E-state index contributed by atoms with van der Waals surface area (Å²) in [7, 11) is 3.24. The fraction of sp³-hybridized carbons (Fsp3) is 0.300. The number of rotatable bonds is 5. The molecule has 0 aromatic carbocycles. The number of aromatic nitrogens is 2. The molecule has 158 valence electrons. The summed E-state index contributed by atoms with van der Waals surface area (Å²) in [4.78, 5) is 44.3. The van der Waals surface area contributed by atoms with E-state index in [-0.39, 0.29) is 23.1 Å². The monoisotopic (exact) mass is 448 g/mol. The number of carbonyl (C=O) groups excluding carboxylic acids is 3. The predicted octanol–water partition coefficient (Wildman–Crippen LogP) is 3.80. The summed E-state index contributed by atoms with van der Waals surface area (Å²) in [5, 5.41) is 3.53. The minimum atomic E-state index is -0.596. The molecule has 0 bridgehead atoms. The lowest BCUT2D eigenvalue weighted by Gasteiger charge is -2.09. The van der Waals surface area contributed by atoms with E-state index in [1.807, 2.05) is 0 Å². The number of imidazole rings is 1. The molecule has 0 aliphatic carbocycles. The number of halogens is 1. The highest BCUT2D eigenvalue weighted by atomic mass is 35.5. The van der Waals surface area contributed by atoms with Crippen LogP contribution in [0.3, 0.4) is 0 Å². The van der Waals surface area contributed by atoms with Crippen molar-refractivity contribution in [2.75, 3.05) is 26.0 Å². The number of carbonyl (C=O) groups is 3. The summed E-state index contributed by atoms with van der Waals surface area (Å²) in [6.45, 7) is 5.24. The van der Waals surface area contributed by atoms with Crippen molar-refractivity contribution in [3.8, 4) is 0 Å². The molecule has 3 aromatic rings. The molecule has 0 fully saturated rings. The largest absolute Gasteiger partial charge is 0.462 e. The third-order valence-electron chi connectivity index (χ3n) is 4.43. The molecule has 2 amide bonds. The molecule has 8 nitrogen and oxygen atoms in total. The molecule has 3 aromatic heterocycles. The lowest BCUT2D eigenvalue weighted by molar-refractivity contribution is 0.0527. The van der Waals surface area contributed by atoms with Crippen molar-refractivity contribution in [3.05, 3.63) is 50.7 Å². The Hall–Kier alpha value is -2.91. The summed E-state index contributed by atoms with van der Waals surface area (Å²) >= 11 is 7.05. The molecule has 0 atom stereocenters. The lowest BCUT2D eigenvalue weighted by atomic mass is 10.1. The van der Waals surface area contributed by atoms with Gasteiger partial charge in [0.05, 0.1) is 22.7 Å². The van der Waals surface area contributed by atoms with E-state index in [0.717, 1.165) is 11.3 Å². The number of esters is 1. The Morgan fingerprint density at radius 3 is 2.63 bits per heavy atom. The standard InChI is InChI=1S/C20H21ClN4O4S/c1-6-29-20(28)14-10(2)16(19(27)24(4)5)30-18(14)23-17(26)15-11(3)22-13-9-12(21)7-8-25(13)15/h7-9H,6H2,1-5H3,(H,23,26). The van der Waals surface area contributed by atoms with Crippen molar-refractivity contribution in [2.45, 2.75) is 20.8 Å². The van der Waals surface area contributed by atoms with Crippen molar-refractivity contribution < 1.29 is 19.1 Å². The van der Waals surface area contributed by atoms with E-state index in [0.29, 0.717) is 32.5 Å². The maximum Gasteiger partial charge on any atom is 0.341 e. The first-order chi connectivity index (χ1) is 14.1. The molecule has 30 heavy (non-hydrogen) atoms. The summed E-state index contributed by atoms with van der Waals surface area (Å²) < 4.78 is 6.76. The van der Waals surface area contributed by atoms with Crippen LogP contribution < -0.4 is 5.32 Å². The number of aryl methyl sites for hydroxylation is 1. The van der Waals surface area contributed by atoms with Crippen LogP contribution in [0.25, 0.3) is 5.65 Å². The lowest BCUT2D eigenvalue weighted by Crippen LogP contribution is -2.21. The topological polar surface area (TPSA) is 93.0 Å². The maximum atomic E-state index is 13.1. The second-order valence-electron chi connectivity index (χ2n) is 6.75. The average molecular weight is 449 g/mol. The highest BCUT2D eigenvalue weighted by Gasteiger charge is 2.28. The first kappa shape index (κ1) is 21.8. The Morgan fingerprint density at radius 1 is 1.30 bits per heavy atom. The maximum absolute atomic E-state index is 13.1. The van der Waals surface area contributed by atoms with E-state index >= 15 is 0 Å². The zero-order chi connectivity index (χ0) is 22.2. The summed E-state index contributed by atoms with van der Waals surface area (Å²) in [6, 6.07) is 3.30. The van der Waals surface area contributed by atoms with E-state index in [1.54, 1.807) is 57.6 Å². The number of nitrogens with zero attached hydrogens (tertiary/aromatic N) is 3. The highest BCUT2D eigenvalue weighted by molar-refractivity contribution is 7.18. The predicted molar refractivity (Wildman–Crippen MR) is 116 cm³/mol. The van der Waals surface area contributed by atoms with Crippen LogP contribution in [0.5, 0.6) is 0 Å². The number of hydrogen-bond acceptors (Lipinski definition) is 6. The van der Waals surface area contributed by atoms with Crippen molar-refractivity contribution in [1.29, 1.82) is 0 Å². The first-order valence-corrected chi connectivity index (χ1v) is 10.3. The second-order valence-corrected chi connectivity index (χ2v) is 8.21. The van der Waals surface area contributed by atoms with Crippen LogP contribution in [0.1, 0.15) is 48.7 Å². The number of amides is 2. The fourth-order valence-corrected chi connectivity index (χ4v) is 4.40. The second kappa shape index (κ2) is 8.45. The van der Waals surface area contributed by atoms with Crippen LogP contribution in [0, 0.1) is 13.8 Å². The summed E-state index contributed by atoms with van der Waals surface area (Å²) in [5.74, 6) is -1.32. The molecule has 0 aliphatic rings. The van der Waals surface area contributed by atoms with Gasteiger partial charge in [0.1, 0.15) is 16.3 Å². The van der Waals surface area contributed by atoms with Gasteiger partial charge in [0.25, 0.3) is 11.8 Å². The van der Waals surface area contributed by atoms with E-state index in [1.165, 1.54) is 4.90 Å².